The molecule has 1 aliphatic heterocycles. The summed E-state index contributed by atoms with van der Waals surface area (Å²) in [4.78, 5) is 13.8. The van der Waals surface area contributed by atoms with Crippen molar-refractivity contribution in [3.05, 3.63) is 30.2 Å². The standard InChI is InChI=1S/C14H19N5O2/c1-11-10-18(8-9-21-11)14(20)15-6-5-13-17-16-12-4-2-3-7-19(12)13/h2-4,7,11H,5-6,8-10H2,1H3,(H,15,20). The number of hydrogen-bond donors (Lipinski definition) is 1. The van der Waals surface area contributed by atoms with Gasteiger partial charge in [0.05, 0.1) is 12.7 Å². The third kappa shape index (κ3) is 3.13. The lowest BCUT2D eigenvalue weighted by Gasteiger charge is -2.31. The zero-order valence-corrected chi connectivity index (χ0v) is 12.0. The van der Waals surface area contributed by atoms with Gasteiger partial charge in [-0.15, -0.1) is 10.2 Å². The summed E-state index contributed by atoms with van der Waals surface area (Å²) >= 11 is 0. The molecule has 0 bridgehead atoms. The average molecular weight is 289 g/mol. The Balaban J connectivity index is 1.52. The predicted molar refractivity (Wildman–Crippen MR) is 77.1 cm³/mol. The molecule has 0 aromatic carbocycles. The summed E-state index contributed by atoms with van der Waals surface area (Å²) in [5, 5.41) is 11.2. The summed E-state index contributed by atoms with van der Waals surface area (Å²) in [6.07, 6.45) is 2.68. The molecule has 1 saturated heterocycles. The van der Waals surface area contributed by atoms with Crippen LogP contribution in [-0.2, 0) is 11.2 Å². The first kappa shape index (κ1) is 13.8. The van der Waals surface area contributed by atoms with Crippen LogP contribution in [0.1, 0.15) is 12.7 Å². The van der Waals surface area contributed by atoms with Crippen LogP contribution >= 0.6 is 0 Å². The number of morpholine rings is 1. The largest absolute Gasteiger partial charge is 0.375 e. The van der Waals surface area contributed by atoms with Crippen molar-refractivity contribution in [3.63, 3.8) is 0 Å². The van der Waals surface area contributed by atoms with E-state index in [0.29, 0.717) is 32.7 Å². The van der Waals surface area contributed by atoms with Crippen LogP contribution in [0, 0.1) is 0 Å². The molecule has 1 atom stereocenters. The Morgan fingerprint density at radius 2 is 2.38 bits per heavy atom. The lowest BCUT2D eigenvalue weighted by molar-refractivity contribution is -0.00343. The summed E-state index contributed by atoms with van der Waals surface area (Å²) in [6, 6.07) is 5.73. The number of fused-ring (bicyclic) bond motifs is 1. The molecule has 1 N–H and O–H groups in total. The molecular weight excluding hydrogens is 270 g/mol. The van der Waals surface area contributed by atoms with Crippen molar-refractivity contribution in [2.75, 3.05) is 26.2 Å². The number of carbonyl (C=O) groups excluding carboxylic acids is 1. The van der Waals surface area contributed by atoms with E-state index in [2.05, 4.69) is 15.5 Å². The van der Waals surface area contributed by atoms with Crippen molar-refractivity contribution >= 4 is 11.7 Å². The highest BCUT2D eigenvalue weighted by Gasteiger charge is 2.20. The minimum Gasteiger partial charge on any atom is -0.375 e. The van der Waals surface area contributed by atoms with E-state index in [9.17, 15) is 4.79 Å². The normalized spacial score (nSPS) is 18.9. The number of pyridine rings is 1. The Hall–Kier alpha value is -2.15. The van der Waals surface area contributed by atoms with Gasteiger partial charge in [-0.2, -0.15) is 0 Å². The fourth-order valence-corrected chi connectivity index (χ4v) is 2.46. The molecule has 2 aromatic rings. The van der Waals surface area contributed by atoms with Gasteiger partial charge in [-0.3, -0.25) is 4.40 Å². The van der Waals surface area contributed by atoms with E-state index >= 15 is 0 Å². The summed E-state index contributed by atoms with van der Waals surface area (Å²) in [5.74, 6) is 0.848. The number of amides is 2. The second-order valence-corrected chi connectivity index (χ2v) is 5.15. The van der Waals surface area contributed by atoms with Crippen LogP contribution in [-0.4, -0.2) is 57.9 Å². The Morgan fingerprint density at radius 1 is 1.48 bits per heavy atom. The molecule has 1 aliphatic rings. The first-order chi connectivity index (χ1) is 10.2. The minimum atomic E-state index is -0.0426. The van der Waals surface area contributed by atoms with Gasteiger partial charge in [0.2, 0.25) is 0 Å². The third-order valence-corrected chi connectivity index (χ3v) is 3.54. The molecule has 0 radical (unpaired) electrons. The first-order valence-corrected chi connectivity index (χ1v) is 7.17. The molecule has 3 heterocycles. The molecule has 0 aliphatic carbocycles. The van der Waals surface area contributed by atoms with E-state index in [1.54, 1.807) is 4.90 Å². The molecular formula is C14H19N5O2. The van der Waals surface area contributed by atoms with Crippen molar-refractivity contribution in [2.24, 2.45) is 0 Å². The Bertz CT molecular complexity index is 627. The topological polar surface area (TPSA) is 71.8 Å². The second-order valence-electron chi connectivity index (χ2n) is 5.15. The molecule has 7 nitrogen and oxygen atoms in total. The van der Waals surface area contributed by atoms with Crippen LogP contribution in [0.2, 0.25) is 0 Å². The number of hydrogen-bond acceptors (Lipinski definition) is 4. The lowest BCUT2D eigenvalue weighted by Crippen LogP contribution is -2.49. The van der Waals surface area contributed by atoms with E-state index in [4.69, 9.17) is 4.74 Å². The van der Waals surface area contributed by atoms with Crippen molar-refractivity contribution in [1.82, 2.24) is 24.8 Å². The van der Waals surface area contributed by atoms with Gasteiger partial charge in [-0.05, 0) is 19.1 Å². The molecule has 112 valence electrons. The fraction of sp³-hybridized carbons (Fsp3) is 0.500. The van der Waals surface area contributed by atoms with Gasteiger partial charge in [-0.1, -0.05) is 6.07 Å². The average Bonchev–Trinajstić information content (AvgIpc) is 2.91. The Kier molecular flexibility index (Phi) is 4.01. The van der Waals surface area contributed by atoms with Gasteiger partial charge >= 0.3 is 6.03 Å². The van der Waals surface area contributed by atoms with E-state index < -0.39 is 0 Å². The summed E-state index contributed by atoms with van der Waals surface area (Å²) < 4.78 is 7.36. The van der Waals surface area contributed by atoms with Gasteiger partial charge in [0.25, 0.3) is 0 Å². The number of ether oxygens (including phenoxy) is 1. The molecule has 21 heavy (non-hydrogen) atoms. The van der Waals surface area contributed by atoms with Gasteiger partial charge < -0.3 is 15.0 Å². The SMILES string of the molecule is CC1CN(C(=O)NCCc2nnc3ccccn23)CCO1. The van der Waals surface area contributed by atoms with E-state index in [-0.39, 0.29) is 12.1 Å². The van der Waals surface area contributed by atoms with Crippen LogP contribution in [0.3, 0.4) is 0 Å². The number of carbonyl (C=O) groups is 1. The van der Waals surface area contributed by atoms with Crippen molar-refractivity contribution in [1.29, 1.82) is 0 Å². The van der Waals surface area contributed by atoms with Crippen LogP contribution in [0.5, 0.6) is 0 Å². The van der Waals surface area contributed by atoms with E-state index in [1.807, 2.05) is 35.7 Å². The summed E-state index contributed by atoms with van der Waals surface area (Å²) in [6.45, 7) is 4.40. The van der Waals surface area contributed by atoms with E-state index in [1.165, 1.54) is 0 Å². The summed E-state index contributed by atoms with van der Waals surface area (Å²) in [5.41, 5.74) is 0.820. The van der Waals surface area contributed by atoms with Crippen LogP contribution in [0.15, 0.2) is 24.4 Å². The van der Waals surface area contributed by atoms with Crippen LogP contribution < -0.4 is 5.32 Å². The van der Waals surface area contributed by atoms with Crippen LogP contribution in [0.25, 0.3) is 5.65 Å². The number of rotatable bonds is 3. The molecule has 0 spiro atoms. The highest BCUT2D eigenvalue weighted by atomic mass is 16.5. The highest BCUT2D eigenvalue weighted by Crippen LogP contribution is 2.05. The highest BCUT2D eigenvalue weighted by molar-refractivity contribution is 5.74. The molecule has 3 rings (SSSR count). The van der Waals surface area contributed by atoms with Gasteiger partial charge in [-0.25, -0.2) is 4.79 Å². The monoisotopic (exact) mass is 289 g/mol. The van der Waals surface area contributed by atoms with Crippen molar-refractivity contribution in [2.45, 2.75) is 19.4 Å². The van der Waals surface area contributed by atoms with Crippen molar-refractivity contribution in [3.8, 4) is 0 Å². The number of urea groups is 1. The number of nitrogens with one attached hydrogen (secondary N) is 1. The van der Waals surface area contributed by atoms with Crippen LogP contribution in [0.4, 0.5) is 4.79 Å². The summed E-state index contributed by atoms with van der Waals surface area (Å²) in [7, 11) is 0. The Labute approximate surface area is 122 Å². The maximum atomic E-state index is 12.1. The maximum absolute atomic E-state index is 12.1. The third-order valence-electron chi connectivity index (χ3n) is 3.54. The quantitative estimate of drug-likeness (QED) is 0.903. The predicted octanol–water partition coefficient (Wildman–Crippen LogP) is 0.702. The molecule has 7 heteroatoms. The first-order valence-electron chi connectivity index (χ1n) is 7.17. The zero-order valence-electron chi connectivity index (χ0n) is 12.0. The van der Waals surface area contributed by atoms with Crippen molar-refractivity contribution < 1.29 is 9.53 Å². The zero-order chi connectivity index (χ0) is 14.7. The molecule has 1 unspecified atom stereocenters. The number of aromatic nitrogens is 3. The number of nitrogens with zero attached hydrogens (tertiary/aromatic N) is 4. The van der Waals surface area contributed by atoms with Gasteiger partial charge in [0.15, 0.2) is 5.65 Å². The lowest BCUT2D eigenvalue weighted by atomic mass is 10.3. The molecule has 2 aromatic heterocycles. The van der Waals surface area contributed by atoms with E-state index in [0.717, 1.165) is 11.5 Å². The molecule has 0 saturated carbocycles. The fourth-order valence-electron chi connectivity index (χ4n) is 2.46. The molecule has 2 amide bonds. The smallest absolute Gasteiger partial charge is 0.317 e. The van der Waals surface area contributed by atoms with Gasteiger partial charge in [0, 0.05) is 32.3 Å². The maximum Gasteiger partial charge on any atom is 0.317 e. The Morgan fingerprint density at radius 3 is 3.24 bits per heavy atom. The molecule has 1 fully saturated rings. The minimum absolute atomic E-state index is 0.0426. The second kappa shape index (κ2) is 6.09. The van der Waals surface area contributed by atoms with Gasteiger partial charge in [0.1, 0.15) is 5.82 Å².